The number of hydrogen-bond acceptors (Lipinski definition) is 2. The van der Waals surface area contributed by atoms with Crippen LogP contribution in [0.15, 0.2) is 18.2 Å². The van der Waals surface area contributed by atoms with Crippen molar-refractivity contribution < 1.29 is 9.90 Å². The topological polar surface area (TPSA) is 55.1 Å². The zero-order valence-electron chi connectivity index (χ0n) is 15.1. The summed E-state index contributed by atoms with van der Waals surface area (Å²) in [4.78, 5) is 16.2. The molecule has 0 aliphatic heterocycles. The Balaban J connectivity index is 2.05. The molecular weight excluding hydrogens is 336 g/mol. The van der Waals surface area contributed by atoms with Gasteiger partial charge in [-0.15, -0.1) is 0 Å². The van der Waals surface area contributed by atoms with E-state index in [4.69, 9.17) is 16.6 Å². The van der Waals surface area contributed by atoms with E-state index in [0.29, 0.717) is 6.54 Å². The zero-order valence-corrected chi connectivity index (χ0v) is 15.8. The highest BCUT2D eigenvalue weighted by Gasteiger charge is 2.30. The summed E-state index contributed by atoms with van der Waals surface area (Å²) in [7, 11) is 0. The van der Waals surface area contributed by atoms with E-state index in [2.05, 4.69) is 24.5 Å². The number of aryl methyl sites for hydroxylation is 2. The molecule has 134 valence electrons. The van der Waals surface area contributed by atoms with Crippen molar-refractivity contribution in [3.05, 3.63) is 51.6 Å². The van der Waals surface area contributed by atoms with Gasteiger partial charge in [-0.3, -0.25) is 4.79 Å². The van der Waals surface area contributed by atoms with Crippen molar-refractivity contribution >= 4 is 17.6 Å². The van der Waals surface area contributed by atoms with Gasteiger partial charge in [0.15, 0.2) is 0 Å². The van der Waals surface area contributed by atoms with E-state index in [0.717, 1.165) is 52.6 Å². The Morgan fingerprint density at radius 3 is 2.84 bits per heavy atom. The van der Waals surface area contributed by atoms with Crippen LogP contribution >= 0.6 is 11.6 Å². The summed E-state index contributed by atoms with van der Waals surface area (Å²) in [5.41, 5.74) is 4.39. The molecule has 2 aromatic rings. The lowest BCUT2D eigenvalue weighted by molar-refractivity contribution is -0.137. The van der Waals surface area contributed by atoms with Crippen LogP contribution in [0.25, 0.3) is 0 Å². The molecule has 0 saturated carbocycles. The third-order valence-electron chi connectivity index (χ3n) is 4.98. The molecule has 1 atom stereocenters. The van der Waals surface area contributed by atoms with Crippen LogP contribution in [-0.4, -0.2) is 20.6 Å². The van der Waals surface area contributed by atoms with E-state index >= 15 is 0 Å². The molecule has 0 radical (unpaired) electrons. The predicted molar refractivity (Wildman–Crippen MR) is 99.5 cm³/mol. The summed E-state index contributed by atoms with van der Waals surface area (Å²) in [6.45, 7) is 6.96. The first-order valence-electron chi connectivity index (χ1n) is 8.92. The number of fused-ring (bicyclic) bond motifs is 1. The molecule has 0 amide bonds. The minimum absolute atomic E-state index is 0.0437. The molecule has 0 spiro atoms. The smallest absolute Gasteiger partial charge is 0.304 e. The maximum atomic E-state index is 11.3. The molecule has 1 aromatic heterocycles. The standard InChI is InChI=1S/C20H25ClN2O2/c1-12(2)20-22-17-6-4-5-15(10-18(24)25)19(17)23(20)11-14-8-7-13(3)16(21)9-14/h7-9,12,15H,4-6,10-11H2,1-3H3,(H,24,25). The van der Waals surface area contributed by atoms with Crippen molar-refractivity contribution in [2.45, 2.75) is 64.8 Å². The Kier molecular flexibility index (Phi) is 5.19. The molecular formula is C20H25ClN2O2. The molecule has 1 aliphatic rings. The Morgan fingerprint density at radius 1 is 1.44 bits per heavy atom. The van der Waals surface area contributed by atoms with E-state index in [9.17, 15) is 9.90 Å². The van der Waals surface area contributed by atoms with Crippen molar-refractivity contribution in [2.75, 3.05) is 0 Å². The van der Waals surface area contributed by atoms with E-state index in [1.165, 1.54) is 0 Å². The van der Waals surface area contributed by atoms with E-state index in [1.807, 2.05) is 19.1 Å². The second kappa shape index (κ2) is 7.20. The first-order valence-corrected chi connectivity index (χ1v) is 9.30. The van der Waals surface area contributed by atoms with Crippen molar-refractivity contribution in [1.29, 1.82) is 0 Å². The van der Waals surface area contributed by atoms with Crippen LogP contribution in [0.4, 0.5) is 0 Å². The Labute approximate surface area is 153 Å². The van der Waals surface area contributed by atoms with Gasteiger partial charge in [-0.05, 0) is 43.4 Å². The normalized spacial score (nSPS) is 16.9. The lowest BCUT2D eigenvalue weighted by atomic mass is 9.87. The van der Waals surface area contributed by atoms with Crippen LogP contribution in [0.5, 0.6) is 0 Å². The second-order valence-electron chi connectivity index (χ2n) is 7.31. The summed E-state index contributed by atoms with van der Waals surface area (Å²) in [5.74, 6) is 0.633. The minimum atomic E-state index is -0.741. The first kappa shape index (κ1) is 18.0. The molecule has 0 bridgehead atoms. The largest absolute Gasteiger partial charge is 0.481 e. The van der Waals surface area contributed by atoms with E-state index < -0.39 is 5.97 Å². The van der Waals surface area contributed by atoms with Gasteiger partial charge < -0.3 is 9.67 Å². The average molecular weight is 361 g/mol. The average Bonchev–Trinajstić information content (AvgIpc) is 2.90. The Bertz CT molecular complexity index is 795. The van der Waals surface area contributed by atoms with Gasteiger partial charge in [0.2, 0.25) is 0 Å². The Morgan fingerprint density at radius 2 is 2.20 bits per heavy atom. The number of benzene rings is 1. The molecule has 1 aliphatic carbocycles. The summed E-state index contributed by atoms with van der Waals surface area (Å²) >= 11 is 6.29. The minimum Gasteiger partial charge on any atom is -0.481 e. The van der Waals surface area contributed by atoms with Gasteiger partial charge in [0.25, 0.3) is 0 Å². The fraction of sp³-hybridized carbons (Fsp3) is 0.500. The van der Waals surface area contributed by atoms with Gasteiger partial charge in [0, 0.05) is 29.1 Å². The number of carboxylic acid groups (broad SMARTS) is 1. The second-order valence-corrected chi connectivity index (χ2v) is 7.72. The summed E-state index contributed by atoms with van der Waals surface area (Å²) < 4.78 is 2.24. The Hall–Kier alpha value is -1.81. The van der Waals surface area contributed by atoms with Gasteiger partial charge >= 0.3 is 5.97 Å². The van der Waals surface area contributed by atoms with Gasteiger partial charge in [-0.1, -0.05) is 37.6 Å². The number of nitrogens with zero attached hydrogens (tertiary/aromatic N) is 2. The lowest BCUT2D eigenvalue weighted by Gasteiger charge is -2.24. The molecule has 0 fully saturated rings. The van der Waals surface area contributed by atoms with Crippen molar-refractivity contribution in [3.8, 4) is 0 Å². The number of hydrogen-bond donors (Lipinski definition) is 1. The highest BCUT2D eigenvalue weighted by molar-refractivity contribution is 6.31. The fourth-order valence-corrected chi connectivity index (χ4v) is 3.96. The van der Waals surface area contributed by atoms with Crippen LogP contribution in [0.3, 0.4) is 0 Å². The summed E-state index contributed by atoms with van der Waals surface area (Å²) in [5, 5.41) is 10.1. The van der Waals surface area contributed by atoms with Crippen LogP contribution in [0, 0.1) is 6.92 Å². The third kappa shape index (κ3) is 3.74. The number of imidazole rings is 1. The van der Waals surface area contributed by atoms with Gasteiger partial charge in [-0.25, -0.2) is 4.98 Å². The maximum absolute atomic E-state index is 11.3. The number of halogens is 1. The molecule has 1 unspecified atom stereocenters. The van der Waals surface area contributed by atoms with E-state index in [-0.39, 0.29) is 18.3 Å². The number of rotatable bonds is 5. The summed E-state index contributed by atoms with van der Waals surface area (Å²) in [6, 6.07) is 6.12. The van der Waals surface area contributed by atoms with Crippen LogP contribution in [-0.2, 0) is 17.8 Å². The fourth-order valence-electron chi connectivity index (χ4n) is 3.76. The van der Waals surface area contributed by atoms with Crippen LogP contribution in [0.1, 0.15) is 73.3 Å². The highest BCUT2D eigenvalue weighted by Crippen LogP contribution is 2.36. The van der Waals surface area contributed by atoms with Gasteiger partial charge in [0.05, 0.1) is 12.1 Å². The van der Waals surface area contributed by atoms with Crippen molar-refractivity contribution in [1.82, 2.24) is 9.55 Å². The molecule has 25 heavy (non-hydrogen) atoms. The van der Waals surface area contributed by atoms with Crippen LogP contribution < -0.4 is 0 Å². The highest BCUT2D eigenvalue weighted by atomic mass is 35.5. The number of carbonyl (C=O) groups is 1. The number of aliphatic carboxylic acids is 1. The SMILES string of the molecule is Cc1ccc(Cn2c(C(C)C)nc3c2C(CC(=O)O)CCC3)cc1Cl. The van der Waals surface area contributed by atoms with E-state index in [1.54, 1.807) is 0 Å². The molecule has 0 saturated heterocycles. The number of carboxylic acids is 1. The first-order chi connectivity index (χ1) is 11.9. The van der Waals surface area contributed by atoms with Gasteiger partial charge in [-0.2, -0.15) is 0 Å². The molecule has 3 rings (SSSR count). The third-order valence-corrected chi connectivity index (χ3v) is 5.39. The molecule has 1 aromatic carbocycles. The van der Waals surface area contributed by atoms with Crippen molar-refractivity contribution in [2.24, 2.45) is 0 Å². The zero-order chi connectivity index (χ0) is 18.1. The van der Waals surface area contributed by atoms with Gasteiger partial charge in [0.1, 0.15) is 5.82 Å². The summed E-state index contributed by atoms with van der Waals surface area (Å²) in [6.07, 6.45) is 3.03. The predicted octanol–water partition coefficient (Wildman–Crippen LogP) is 4.91. The lowest BCUT2D eigenvalue weighted by Crippen LogP contribution is -2.18. The monoisotopic (exact) mass is 360 g/mol. The molecule has 4 nitrogen and oxygen atoms in total. The van der Waals surface area contributed by atoms with Crippen LogP contribution in [0.2, 0.25) is 5.02 Å². The number of aromatic nitrogens is 2. The van der Waals surface area contributed by atoms with Crippen molar-refractivity contribution in [3.63, 3.8) is 0 Å². The maximum Gasteiger partial charge on any atom is 0.304 e. The molecule has 1 N–H and O–H groups in total. The molecule has 5 heteroatoms. The quantitative estimate of drug-likeness (QED) is 0.824. The molecule has 1 heterocycles.